The fraction of sp³-hybridized carbons (Fsp3) is 0.333. The number of hydrogen-bond acceptors (Lipinski definition) is 8. The molecule has 37 heavy (non-hydrogen) atoms. The molecule has 2 aliphatic rings. The minimum absolute atomic E-state index is 0.00257. The molecule has 0 bridgehead atoms. The third-order valence-corrected chi connectivity index (χ3v) is 8.28. The normalized spacial score (nSPS) is 15.9. The topological polar surface area (TPSA) is 100 Å². The van der Waals surface area contributed by atoms with Crippen LogP contribution in [0.25, 0.3) is 10.8 Å². The molecule has 0 atom stereocenters. The van der Waals surface area contributed by atoms with Crippen molar-refractivity contribution in [3.05, 3.63) is 54.1 Å². The average molecular weight is 536 g/mol. The highest BCUT2D eigenvalue weighted by Crippen LogP contribution is 2.41. The van der Waals surface area contributed by atoms with Crippen LogP contribution in [0, 0.1) is 5.92 Å². The third-order valence-electron chi connectivity index (χ3n) is 6.95. The second-order valence-corrected chi connectivity index (χ2v) is 10.6. The molecule has 0 spiro atoms. The molecule has 10 heteroatoms. The van der Waals surface area contributed by atoms with Crippen LogP contribution < -0.4 is 16.0 Å². The molecule has 3 aromatic carbocycles. The number of amides is 2. The Morgan fingerprint density at radius 2 is 1.97 bits per heavy atom. The van der Waals surface area contributed by atoms with Gasteiger partial charge in [0.2, 0.25) is 5.91 Å². The lowest BCUT2D eigenvalue weighted by Crippen LogP contribution is -2.34. The lowest BCUT2D eigenvalue weighted by Gasteiger charge is -2.30. The quantitative estimate of drug-likeness (QED) is 0.222. The van der Waals surface area contributed by atoms with Gasteiger partial charge in [0.05, 0.1) is 16.3 Å². The van der Waals surface area contributed by atoms with Crippen molar-refractivity contribution >= 4 is 69.7 Å². The highest BCUT2D eigenvalue weighted by Gasteiger charge is 2.31. The number of carbonyl (C=O) groups is 2. The molecule has 3 aromatic rings. The van der Waals surface area contributed by atoms with Crippen molar-refractivity contribution in [1.82, 2.24) is 4.31 Å². The zero-order valence-electron chi connectivity index (χ0n) is 20.6. The maximum Gasteiger partial charge on any atom is 0.258 e. The molecule has 2 heterocycles. The predicted molar refractivity (Wildman–Crippen MR) is 151 cm³/mol. The van der Waals surface area contributed by atoms with Crippen LogP contribution in [0.3, 0.4) is 0 Å². The molecule has 1 saturated heterocycles. The zero-order valence-corrected chi connectivity index (χ0v) is 22.2. The standard InChI is InChI=1S/C27H29N5O3S2/c1-35-16-4-13-32-22-10-9-21(18-5-2-6-19(24(18)22)27(32)34)29-26(33)17-11-14-31(15-12-17)37-23-8-3-7-20(28)25(23)30-36/h2-3,5-10,17H,4,11-16,28H2,1H3,(H,29,33). The van der Waals surface area contributed by atoms with Crippen LogP contribution in [-0.4, -0.2) is 49.5 Å². The zero-order chi connectivity index (χ0) is 25.9. The molecule has 0 aliphatic carbocycles. The minimum Gasteiger partial charge on any atom is -0.397 e. The van der Waals surface area contributed by atoms with E-state index in [1.165, 1.54) is 0 Å². The van der Waals surface area contributed by atoms with Crippen molar-refractivity contribution in [2.75, 3.05) is 49.3 Å². The number of anilines is 3. The van der Waals surface area contributed by atoms with E-state index < -0.39 is 0 Å². The number of carbonyl (C=O) groups excluding carboxylic acids is 2. The van der Waals surface area contributed by atoms with Crippen LogP contribution in [0.15, 0.2) is 57.8 Å². The average Bonchev–Trinajstić information content (AvgIpc) is 3.18. The largest absolute Gasteiger partial charge is 0.397 e. The van der Waals surface area contributed by atoms with Gasteiger partial charge in [0.25, 0.3) is 5.91 Å². The molecule has 192 valence electrons. The van der Waals surface area contributed by atoms with Crippen LogP contribution in [0.2, 0.25) is 0 Å². The number of ether oxygens (including phenoxy) is 1. The number of piperidine rings is 1. The second-order valence-electron chi connectivity index (χ2n) is 9.23. The summed E-state index contributed by atoms with van der Waals surface area (Å²) in [7, 11) is 1.66. The van der Waals surface area contributed by atoms with Crippen LogP contribution in [0.5, 0.6) is 0 Å². The van der Waals surface area contributed by atoms with E-state index in [9.17, 15) is 9.59 Å². The lowest BCUT2D eigenvalue weighted by molar-refractivity contribution is -0.120. The van der Waals surface area contributed by atoms with E-state index in [1.54, 1.807) is 30.0 Å². The molecule has 0 unspecified atom stereocenters. The Hall–Kier alpha value is -3.05. The maximum atomic E-state index is 13.2. The molecule has 8 nitrogen and oxygen atoms in total. The smallest absolute Gasteiger partial charge is 0.258 e. The highest BCUT2D eigenvalue weighted by molar-refractivity contribution is 7.97. The van der Waals surface area contributed by atoms with Gasteiger partial charge in [-0.15, -0.1) is 0 Å². The Morgan fingerprint density at radius 1 is 1.19 bits per heavy atom. The van der Waals surface area contributed by atoms with Crippen molar-refractivity contribution in [1.29, 1.82) is 0 Å². The Kier molecular flexibility index (Phi) is 7.71. The number of benzene rings is 3. The SMILES string of the molecule is COCCCN1C(=O)c2cccc3c(NC(=O)C4CCN(Sc5cccc(N)c5N=S)CC4)ccc1c23. The summed E-state index contributed by atoms with van der Waals surface area (Å²) >= 11 is 6.48. The van der Waals surface area contributed by atoms with Gasteiger partial charge in [-0.05, 0) is 61.5 Å². The van der Waals surface area contributed by atoms with Gasteiger partial charge in [-0.1, -0.05) is 18.2 Å². The third kappa shape index (κ3) is 5.06. The maximum absolute atomic E-state index is 13.2. The summed E-state index contributed by atoms with van der Waals surface area (Å²) in [6.07, 6.45) is 2.25. The molecular weight excluding hydrogens is 506 g/mol. The molecule has 0 saturated carbocycles. The fourth-order valence-corrected chi connectivity index (χ4v) is 6.36. The molecule has 2 amide bonds. The van der Waals surface area contributed by atoms with Gasteiger partial charge in [-0.25, -0.2) is 4.31 Å². The Labute approximate surface area is 225 Å². The van der Waals surface area contributed by atoms with E-state index in [2.05, 4.69) is 14.0 Å². The van der Waals surface area contributed by atoms with Gasteiger partial charge in [-0.2, -0.15) is 4.36 Å². The van der Waals surface area contributed by atoms with Gasteiger partial charge in [0.1, 0.15) is 5.69 Å². The Balaban J connectivity index is 1.26. The van der Waals surface area contributed by atoms with Crippen molar-refractivity contribution < 1.29 is 14.3 Å². The van der Waals surface area contributed by atoms with Crippen LogP contribution in [-0.2, 0) is 22.0 Å². The molecule has 0 radical (unpaired) electrons. The van der Waals surface area contributed by atoms with Gasteiger partial charge >= 0.3 is 0 Å². The summed E-state index contributed by atoms with van der Waals surface area (Å²) in [5.41, 5.74) is 9.51. The summed E-state index contributed by atoms with van der Waals surface area (Å²) in [4.78, 5) is 29.0. The van der Waals surface area contributed by atoms with Gasteiger partial charge in [-0.3, -0.25) is 9.59 Å². The van der Waals surface area contributed by atoms with E-state index in [-0.39, 0.29) is 17.7 Å². The van der Waals surface area contributed by atoms with Crippen molar-refractivity contribution in [3.8, 4) is 0 Å². The molecule has 5 rings (SSSR count). The summed E-state index contributed by atoms with van der Waals surface area (Å²) in [6.45, 7) is 2.72. The number of methoxy groups -OCH3 is 1. The van der Waals surface area contributed by atoms with Gasteiger partial charge in [0.15, 0.2) is 0 Å². The lowest BCUT2D eigenvalue weighted by atomic mass is 9.96. The fourth-order valence-electron chi connectivity index (χ4n) is 5.04. The number of hydrogen-bond donors (Lipinski definition) is 2. The van der Waals surface area contributed by atoms with E-state index in [0.717, 1.165) is 59.4 Å². The summed E-state index contributed by atoms with van der Waals surface area (Å²) in [5.74, 6) is -0.0786. The first kappa shape index (κ1) is 25.6. The molecule has 2 aliphatic heterocycles. The van der Waals surface area contributed by atoms with E-state index in [4.69, 9.17) is 22.9 Å². The van der Waals surface area contributed by atoms with Crippen LogP contribution >= 0.6 is 11.9 Å². The highest BCUT2D eigenvalue weighted by atomic mass is 32.2. The minimum atomic E-state index is -0.0870. The Bertz CT molecular complexity index is 1360. The van der Waals surface area contributed by atoms with Crippen LogP contribution in [0.4, 0.5) is 22.7 Å². The molecule has 1 fully saturated rings. The monoisotopic (exact) mass is 535 g/mol. The van der Waals surface area contributed by atoms with Gasteiger partial charge in [0, 0.05) is 73.7 Å². The second kappa shape index (κ2) is 11.1. The molecule has 3 N–H and O–H groups in total. The number of nitrogens with two attached hydrogens (primary N) is 1. The molecule has 0 aromatic heterocycles. The van der Waals surface area contributed by atoms with E-state index in [0.29, 0.717) is 30.1 Å². The number of nitrogen functional groups attached to an aromatic ring is 1. The predicted octanol–water partition coefficient (Wildman–Crippen LogP) is 5.14. The summed E-state index contributed by atoms with van der Waals surface area (Å²) in [5, 5.41) is 4.94. The summed E-state index contributed by atoms with van der Waals surface area (Å²) in [6, 6.07) is 15.2. The first-order valence-corrected chi connectivity index (χ1v) is 13.5. The van der Waals surface area contributed by atoms with E-state index in [1.807, 2.05) is 42.5 Å². The first-order valence-electron chi connectivity index (χ1n) is 12.3. The van der Waals surface area contributed by atoms with E-state index >= 15 is 0 Å². The van der Waals surface area contributed by atoms with Crippen molar-refractivity contribution in [3.63, 3.8) is 0 Å². The van der Waals surface area contributed by atoms with Crippen molar-refractivity contribution in [2.45, 2.75) is 24.2 Å². The Morgan fingerprint density at radius 3 is 2.73 bits per heavy atom. The molecular formula is C27H29N5O3S2. The number of nitrogens with one attached hydrogen (secondary N) is 1. The van der Waals surface area contributed by atoms with Crippen molar-refractivity contribution in [2.24, 2.45) is 10.3 Å². The van der Waals surface area contributed by atoms with Gasteiger partial charge < -0.3 is 20.7 Å². The number of rotatable bonds is 9. The first-order chi connectivity index (χ1) is 18.0. The van der Waals surface area contributed by atoms with Crippen LogP contribution in [0.1, 0.15) is 29.6 Å². The number of nitrogens with zero attached hydrogens (tertiary/aromatic N) is 3. The summed E-state index contributed by atoms with van der Waals surface area (Å²) < 4.78 is 11.3.